The highest BCUT2D eigenvalue weighted by Crippen LogP contribution is 2.29. The Kier molecular flexibility index (Phi) is 7.46. The van der Waals surface area contributed by atoms with Crippen molar-refractivity contribution < 1.29 is 33.0 Å². The number of carbonyl (C=O) groups excluding carboxylic acids is 1. The molecule has 1 aromatic heterocycles. The van der Waals surface area contributed by atoms with Crippen molar-refractivity contribution >= 4 is 23.2 Å². The maximum absolute atomic E-state index is 11.6. The monoisotopic (exact) mass is 354 g/mol. The third-order valence-corrected chi connectivity index (χ3v) is 4.09. The lowest BCUT2D eigenvalue weighted by molar-refractivity contribution is -0.192. The molecule has 6 nitrogen and oxygen atoms in total. The van der Waals surface area contributed by atoms with Gasteiger partial charge >= 0.3 is 12.1 Å². The van der Waals surface area contributed by atoms with Crippen molar-refractivity contribution in [3.8, 4) is 0 Å². The van der Waals surface area contributed by atoms with Crippen LogP contribution in [0.1, 0.15) is 33.4 Å². The molecule has 0 aliphatic carbocycles. The van der Waals surface area contributed by atoms with Crippen molar-refractivity contribution in [2.75, 3.05) is 19.7 Å². The van der Waals surface area contributed by atoms with Gasteiger partial charge in [-0.3, -0.25) is 4.79 Å². The Morgan fingerprint density at radius 2 is 2.04 bits per heavy atom. The number of halogens is 3. The van der Waals surface area contributed by atoms with Gasteiger partial charge in [-0.05, 0) is 31.5 Å². The quantitative estimate of drug-likeness (QED) is 0.657. The lowest BCUT2D eigenvalue weighted by Crippen LogP contribution is -2.25. The minimum absolute atomic E-state index is 0.0197. The molecule has 1 unspecified atom stereocenters. The van der Waals surface area contributed by atoms with Crippen LogP contribution in [0, 0.1) is 0 Å². The molecule has 0 aromatic carbocycles. The lowest BCUT2D eigenvalue weighted by atomic mass is 10.2. The Bertz CT molecular complexity index is 528. The predicted octanol–water partition coefficient (Wildman–Crippen LogP) is 1.53. The van der Waals surface area contributed by atoms with Crippen LogP contribution in [-0.2, 0) is 4.79 Å². The topological polar surface area (TPSA) is 98.7 Å². The van der Waals surface area contributed by atoms with Crippen LogP contribution in [0.5, 0.6) is 0 Å². The van der Waals surface area contributed by atoms with Gasteiger partial charge in [0, 0.05) is 17.5 Å². The second-order valence-electron chi connectivity index (χ2n) is 4.63. The number of thiophene rings is 1. The number of nitrogens with one attached hydrogen (secondary N) is 2. The fourth-order valence-corrected chi connectivity index (χ4v) is 2.88. The Labute approximate surface area is 134 Å². The van der Waals surface area contributed by atoms with Crippen LogP contribution < -0.4 is 10.6 Å². The summed E-state index contributed by atoms with van der Waals surface area (Å²) >= 11 is 1.53. The first-order valence-corrected chi connectivity index (χ1v) is 7.59. The van der Waals surface area contributed by atoms with E-state index >= 15 is 0 Å². The highest BCUT2D eigenvalue weighted by Gasteiger charge is 2.38. The molecule has 2 rings (SSSR count). The van der Waals surface area contributed by atoms with E-state index in [1.54, 1.807) is 0 Å². The predicted molar refractivity (Wildman–Crippen MR) is 77.4 cm³/mol. The zero-order valence-corrected chi connectivity index (χ0v) is 12.8. The van der Waals surface area contributed by atoms with Crippen LogP contribution in [0.4, 0.5) is 13.2 Å². The van der Waals surface area contributed by atoms with Crippen LogP contribution in [0.15, 0.2) is 12.1 Å². The average Bonchev–Trinajstić information content (AvgIpc) is 3.14. The first-order valence-electron chi connectivity index (χ1n) is 6.78. The maximum Gasteiger partial charge on any atom is 0.490 e. The Morgan fingerprint density at radius 1 is 1.39 bits per heavy atom. The summed E-state index contributed by atoms with van der Waals surface area (Å²) < 4.78 is 31.7. The number of carbonyl (C=O) groups is 2. The number of aliphatic hydroxyl groups is 1. The van der Waals surface area contributed by atoms with Gasteiger partial charge in [-0.15, -0.1) is 11.3 Å². The normalized spacial score (nSPS) is 17.3. The van der Waals surface area contributed by atoms with Crippen molar-refractivity contribution in [3.05, 3.63) is 21.9 Å². The summed E-state index contributed by atoms with van der Waals surface area (Å²) in [7, 11) is 0. The maximum atomic E-state index is 11.6. The average molecular weight is 354 g/mol. The number of aliphatic hydroxyl groups excluding tert-OH is 1. The van der Waals surface area contributed by atoms with E-state index in [9.17, 15) is 18.0 Å². The van der Waals surface area contributed by atoms with E-state index < -0.39 is 12.1 Å². The summed E-state index contributed by atoms with van der Waals surface area (Å²) in [6, 6.07) is 4.29. The van der Waals surface area contributed by atoms with Gasteiger partial charge in [-0.1, -0.05) is 0 Å². The van der Waals surface area contributed by atoms with Crippen LogP contribution >= 0.6 is 11.3 Å². The first kappa shape index (κ1) is 19.4. The summed E-state index contributed by atoms with van der Waals surface area (Å²) in [6.07, 6.45) is -2.73. The smallest absolute Gasteiger partial charge is 0.475 e. The summed E-state index contributed by atoms with van der Waals surface area (Å²) in [5.74, 6) is -2.85. The molecule has 0 bridgehead atoms. The molecule has 10 heteroatoms. The molecule has 130 valence electrons. The fourth-order valence-electron chi connectivity index (χ4n) is 1.85. The number of carboxylic acids is 1. The second kappa shape index (κ2) is 8.85. The fraction of sp³-hybridized carbons (Fsp3) is 0.538. The minimum Gasteiger partial charge on any atom is -0.475 e. The van der Waals surface area contributed by atoms with Crippen molar-refractivity contribution in [3.63, 3.8) is 0 Å². The summed E-state index contributed by atoms with van der Waals surface area (Å²) in [5.41, 5.74) is 0. The van der Waals surface area contributed by atoms with E-state index in [2.05, 4.69) is 10.6 Å². The third kappa shape index (κ3) is 6.55. The summed E-state index contributed by atoms with van der Waals surface area (Å²) in [6.45, 7) is 1.36. The van der Waals surface area contributed by atoms with E-state index in [1.165, 1.54) is 22.6 Å². The molecule has 1 aliphatic heterocycles. The number of hydrogen-bond acceptors (Lipinski definition) is 5. The zero-order chi connectivity index (χ0) is 17.5. The molecule has 1 fully saturated rings. The number of rotatable bonds is 4. The largest absolute Gasteiger partial charge is 0.490 e. The van der Waals surface area contributed by atoms with Crippen LogP contribution in [0.2, 0.25) is 0 Å². The number of amides is 1. The number of aliphatic carboxylic acids is 1. The highest BCUT2D eigenvalue weighted by atomic mass is 32.1. The summed E-state index contributed by atoms with van der Waals surface area (Å²) in [5, 5.41) is 21.8. The molecule has 1 aromatic rings. The molecule has 2 heterocycles. The molecular weight excluding hydrogens is 337 g/mol. The number of alkyl halides is 3. The molecule has 1 amide bonds. The molecule has 0 saturated carbocycles. The Morgan fingerprint density at radius 3 is 2.52 bits per heavy atom. The van der Waals surface area contributed by atoms with Crippen molar-refractivity contribution in [1.29, 1.82) is 0 Å². The van der Waals surface area contributed by atoms with Crippen molar-refractivity contribution in [2.24, 2.45) is 0 Å². The SMILES string of the molecule is O=C(NCCO)c1ccc(C2CCCN2)s1.O=C(O)C(F)(F)F. The molecule has 0 spiro atoms. The number of hydrogen-bond donors (Lipinski definition) is 4. The van der Waals surface area contributed by atoms with E-state index in [4.69, 9.17) is 15.0 Å². The second-order valence-corrected chi connectivity index (χ2v) is 5.75. The number of carboxylic acid groups (broad SMARTS) is 1. The van der Waals surface area contributed by atoms with E-state index in [0.717, 1.165) is 17.8 Å². The van der Waals surface area contributed by atoms with Gasteiger partial charge in [-0.25, -0.2) is 4.79 Å². The molecule has 1 saturated heterocycles. The van der Waals surface area contributed by atoms with Gasteiger partial charge in [0.25, 0.3) is 5.91 Å². The van der Waals surface area contributed by atoms with Crippen LogP contribution in [0.3, 0.4) is 0 Å². The van der Waals surface area contributed by atoms with Gasteiger partial charge in [0.05, 0.1) is 11.5 Å². The Hall–Kier alpha value is -1.65. The standard InChI is InChI=1S/C11H16N2O2S.C2HF3O2/c14-7-6-13-11(15)10-4-3-9(16-10)8-2-1-5-12-8;3-2(4,5)1(6)7/h3-4,8,12,14H,1-2,5-7H2,(H,13,15);(H,6,7). The first-order chi connectivity index (χ1) is 10.8. The lowest BCUT2D eigenvalue weighted by Gasteiger charge is -2.05. The van der Waals surface area contributed by atoms with E-state index in [-0.39, 0.29) is 12.5 Å². The zero-order valence-electron chi connectivity index (χ0n) is 12.0. The third-order valence-electron chi connectivity index (χ3n) is 2.89. The molecular formula is C13H17F3N2O4S. The van der Waals surface area contributed by atoms with Gasteiger partial charge in [0.2, 0.25) is 0 Å². The molecule has 0 radical (unpaired) electrons. The molecule has 1 aliphatic rings. The molecule has 23 heavy (non-hydrogen) atoms. The Balaban J connectivity index is 0.000000322. The van der Waals surface area contributed by atoms with Crippen molar-refractivity contribution in [1.82, 2.24) is 10.6 Å². The van der Waals surface area contributed by atoms with Crippen LogP contribution in [0.25, 0.3) is 0 Å². The molecule has 1 atom stereocenters. The van der Waals surface area contributed by atoms with Gasteiger partial charge in [0.1, 0.15) is 0 Å². The van der Waals surface area contributed by atoms with Crippen LogP contribution in [-0.4, -0.2) is 48.0 Å². The highest BCUT2D eigenvalue weighted by molar-refractivity contribution is 7.14. The molecule has 4 N–H and O–H groups in total. The van der Waals surface area contributed by atoms with Gasteiger partial charge in [-0.2, -0.15) is 13.2 Å². The van der Waals surface area contributed by atoms with E-state index in [0.29, 0.717) is 12.6 Å². The summed E-state index contributed by atoms with van der Waals surface area (Å²) in [4.78, 5) is 22.4. The van der Waals surface area contributed by atoms with E-state index in [1.807, 2.05) is 12.1 Å². The van der Waals surface area contributed by atoms with Gasteiger partial charge in [0.15, 0.2) is 0 Å². The van der Waals surface area contributed by atoms with Gasteiger partial charge < -0.3 is 20.8 Å². The minimum atomic E-state index is -5.08. The van der Waals surface area contributed by atoms with Crippen molar-refractivity contribution in [2.45, 2.75) is 25.1 Å².